The monoisotopic (exact) mass is 464 g/mol. The predicted octanol–water partition coefficient (Wildman–Crippen LogP) is 5.13. The highest BCUT2D eigenvalue weighted by Gasteiger charge is 2.27. The molecule has 0 saturated carbocycles. The van der Waals surface area contributed by atoms with E-state index in [4.69, 9.17) is 5.26 Å². The molecule has 3 heterocycles. The molecule has 1 aliphatic rings. The molecule has 0 aliphatic carbocycles. The summed E-state index contributed by atoms with van der Waals surface area (Å²) in [6.45, 7) is 8.83. The Bertz CT molecular complexity index is 1130. The highest BCUT2D eigenvalue weighted by molar-refractivity contribution is 9.10. The van der Waals surface area contributed by atoms with Gasteiger partial charge in [-0.15, -0.1) is 0 Å². The Hall–Kier alpha value is -2.49. The molecular weight excluding hydrogens is 440 g/mol. The number of Topliss-reactive ketones (excluding diaryl/α,β-unsaturated/α-hetero) is 1. The average Bonchev–Trinajstić information content (AvgIpc) is 2.98. The van der Waals surface area contributed by atoms with Gasteiger partial charge in [0.1, 0.15) is 0 Å². The maximum atomic E-state index is 13.4. The van der Waals surface area contributed by atoms with E-state index in [1.165, 1.54) is 6.42 Å². The van der Waals surface area contributed by atoms with Crippen molar-refractivity contribution in [3.63, 3.8) is 0 Å². The van der Waals surface area contributed by atoms with Crippen LogP contribution in [0.4, 0.5) is 0 Å². The van der Waals surface area contributed by atoms with Crippen LogP contribution in [0.2, 0.25) is 0 Å². The second-order valence-corrected chi connectivity index (χ2v) is 9.45. The number of benzene rings is 1. The van der Waals surface area contributed by atoms with E-state index in [0.29, 0.717) is 29.5 Å². The molecule has 6 heteroatoms. The first kappa shape index (κ1) is 20.8. The van der Waals surface area contributed by atoms with Crippen molar-refractivity contribution in [3.8, 4) is 11.8 Å². The van der Waals surface area contributed by atoms with Crippen LogP contribution in [-0.4, -0.2) is 39.9 Å². The molecule has 1 aliphatic heterocycles. The van der Waals surface area contributed by atoms with Gasteiger partial charge in [0.05, 0.1) is 34.8 Å². The van der Waals surface area contributed by atoms with E-state index in [1.54, 1.807) is 18.3 Å². The number of piperidine rings is 1. The number of nitriles is 1. The molecule has 2 unspecified atom stereocenters. The molecule has 2 atom stereocenters. The SMILES string of the molecule is Cc1c(C(=O)CN2CC(C)CC(C)C2)c2ncc(Br)cc2n1-c1ccc(C#N)cc1. The summed E-state index contributed by atoms with van der Waals surface area (Å²) in [5.74, 6) is 1.33. The van der Waals surface area contributed by atoms with Gasteiger partial charge in [-0.2, -0.15) is 5.26 Å². The van der Waals surface area contributed by atoms with E-state index in [2.05, 4.69) is 50.3 Å². The Labute approximate surface area is 185 Å². The first-order valence-electron chi connectivity index (χ1n) is 10.3. The van der Waals surface area contributed by atoms with Crippen LogP contribution in [0, 0.1) is 30.1 Å². The lowest BCUT2D eigenvalue weighted by Gasteiger charge is -2.34. The van der Waals surface area contributed by atoms with Crippen LogP contribution < -0.4 is 0 Å². The van der Waals surface area contributed by atoms with Gasteiger partial charge in [0.25, 0.3) is 0 Å². The third kappa shape index (κ3) is 3.92. The van der Waals surface area contributed by atoms with Crippen molar-refractivity contribution in [2.24, 2.45) is 11.8 Å². The number of carbonyl (C=O) groups is 1. The third-order valence-corrected chi connectivity index (χ3v) is 6.29. The van der Waals surface area contributed by atoms with E-state index in [-0.39, 0.29) is 5.78 Å². The molecule has 0 bridgehead atoms. The number of hydrogen-bond acceptors (Lipinski definition) is 4. The summed E-state index contributed by atoms with van der Waals surface area (Å²) < 4.78 is 2.92. The zero-order chi connectivity index (χ0) is 21.4. The van der Waals surface area contributed by atoms with Gasteiger partial charge in [0.15, 0.2) is 5.78 Å². The summed E-state index contributed by atoms with van der Waals surface area (Å²) in [7, 11) is 0. The first-order chi connectivity index (χ1) is 14.4. The van der Waals surface area contributed by atoms with Gasteiger partial charge in [0.2, 0.25) is 0 Å². The molecule has 0 spiro atoms. The highest BCUT2D eigenvalue weighted by Crippen LogP contribution is 2.31. The zero-order valence-corrected chi connectivity index (χ0v) is 19.1. The largest absolute Gasteiger partial charge is 0.311 e. The van der Waals surface area contributed by atoms with Gasteiger partial charge in [-0.3, -0.25) is 14.7 Å². The lowest BCUT2D eigenvalue weighted by molar-refractivity contribution is 0.0850. The molecule has 30 heavy (non-hydrogen) atoms. The Morgan fingerprint density at radius 2 is 1.90 bits per heavy atom. The molecule has 0 amide bonds. The summed E-state index contributed by atoms with van der Waals surface area (Å²) in [6.07, 6.45) is 2.96. The third-order valence-electron chi connectivity index (χ3n) is 5.85. The number of fused-ring (bicyclic) bond motifs is 1. The van der Waals surface area contributed by atoms with Crippen LogP contribution in [0.25, 0.3) is 16.7 Å². The Balaban J connectivity index is 1.77. The van der Waals surface area contributed by atoms with Crippen molar-refractivity contribution >= 4 is 32.7 Å². The molecule has 154 valence electrons. The summed E-state index contributed by atoms with van der Waals surface area (Å²) in [5, 5.41) is 9.11. The molecule has 2 aromatic heterocycles. The van der Waals surface area contributed by atoms with E-state index >= 15 is 0 Å². The minimum absolute atomic E-state index is 0.112. The predicted molar refractivity (Wildman–Crippen MR) is 122 cm³/mol. The summed E-state index contributed by atoms with van der Waals surface area (Å²) >= 11 is 3.51. The van der Waals surface area contributed by atoms with E-state index in [9.17, 15) is 4.79 Å². The van der Waals surface area contributed by atoms with E-state index in [0.717, 1.165) is 40.0 Å². The summed E-state index contributed by atoms with van der Waals surface area (Å²) in [6, 6.07) is 11.6. The number of halogens is 1. The van der Waals surface area contributed by atoms with Crippen LogP contribution in [0.1, 0.15) is 41.9 Å². The van der Waals surface area contributed by atoms with Gasteiger partial charge in [-0.05, 0) is 71.4 Å². The minimum Gasteiger partial charge on any atom is -0.311 e. The number of ketones is 1. The summed E-state index contributed by atoms with van der Waals surface area (Å²) in [4.78, 5) is 20.3. The van der Waals surface area contributed by atoms with Crippen molar-refractivity contribution in [2.45, 2.75) is 27.2 Å². The van der Waals surface area contributed by atoms with Gasteiger partial charge < -0.3 is 4.57 Å². The van der Waals surface area contributed by atoms with E-state index in [1.807, 2.05) is 25.1 Å². The maximum absolute atomic E-state index is 13.4. The maximum Gasteiger partial charge on any atom is 0.180 e. The molecule has 3 aromatic rings. The second kappa shape index (κ2) is 8.33. The standard InChI is InChI=1S/C24H25BrN4O/c1-15-8-16(2)13-28(12-15)14-22(30)23-17(3)29(20-6-4-18(10-26)5-7-20)21-9-19(25)11-27-24(21)23/h4-7,9,11,15-16H,8,12-14H2,1-3H3. The van der Waals surface area contributed by atoms with Crippen LogP contribution in [0.5, 0.6) is 0 Å². The molecule has 1 aromatic carbocycles. The fraction of sp³-hybridized carbons (Fsp3) is 0.375. The number of carbonyl (C=O) groups excluding carboxylic acids is 1. The smallest absolute Gasteiger partial charge is 0.180 e. The molecule has 1 saturated heterocycles. The van der Waals surface area contributed by atoms with Crippen LogP contribution in [-0.2, 0) is 0 Å². The van der Waals surface area contributed by atoms with Crippen LogP contribution in [0.3, 0.4) is 0 Å². The quantitative estimate of drug-likeness (QED) is 0.502. The van der Waals surface area contributed by atoms with Gasteiger partial charge in [-0.1, -0.05) is 13.8 Å². The minimum atomic E-state index is 0.112. The number of hydrogen-bond donors (Lipinski definition) is 0. The van der Waals surface area contributed by atoms with Gasteiger partial charge in [-0.25, -0.2) is 0 Å². The number of aromatic nitrogens is 2. The van der Waals surface area contributed by atoms with Crippen LogP contribution >= 0.6 is 15.9 Å². The lowest BCUT2D eigenvalue weighted by Crippen LogP contribution is -2.41. The second-order valence-electron chi connectivity index (χ2n) is 8.54. The van der Waals surface area contributed by atoms with Crippen molar-refractivity contribution in [1.29, 1.82) is 5.26 Å². The topological polar surface area (TPSA) is 61.9 Å². The summed E-state index contributed by atoms with van der Waals surface area (Å²) in [5.41, 5.74) is 4.70. The zero-order valence-electron chi connectivity index (χ0n) is 17.5. The van der Waals surface area contributed by atoms with Gasteiger partial charge >= 0.3 is 0 Å². The normalized spacial score (nSPS) is 19.7. The fourth-order valence-corrected chi connectivity index (χ4v) is 5.13. The Kier molecular flexibility index (Phi) is 5.77. The first-order valence-corrected chi connectivity index (χ1v) is 11.1. The van der Waals surface area contributed by atoms with Crippen molar-refractivity contribution in [3.05, 3.63) is 57.8 Å². The Morgan fingerprint density at radius 3 is 2.53 bits per heavy atom. The van der Waals surface area contributed by atoms with E-state index < -0.39 is 0 Å². The number of rotatable bonds is 4. The number of likely N-dealkylation sites (tertiary alicyclic amines) is 1. The fourth-order valence-electron chi connectivity index (χ4n) is 4.81. The molecule has 4 rings (SSSR count). The molecule has 5 nitrogen and oxygen atoms in total. The van der Waals surface area contributed by atoms with Crippen molar-refractivity contribution in [2.75, 3.05) is 19.6 Å². The highest BCUT2D eigenvalue weighted by atomic mass is 79.9. The lowest BCUT2D eigenvalue weighted by atomic mass is 9.91. The number of pyridine rings is 1. The van der Waals surface area contributed by atoms with Crippen molar-refractivity contribution in [1.82, 2.24) is 14.5 Å². The van der Waals surface area contributed by atoms with Crippen LogP contribution in [0.15, 0.2) is 41.0 Å². The molecule has 0 N–H and O–H groups in total. The average molecular weight is 465 g/mol. The molecule has 0 radical (unpaired) electrons. The number of nitrogens with zero attached hydrogens (tertiary/aromatic N) is 4. The molecular formula is C24H25BrN4O. The van der Waals surface area contributed by atoms with Crippen molar-refractivity contribution < 1.29 is 4.79 Å². The molecule has 1 fully saturated rings. The Morgan fingerprint density at radius 1 is 1.23 bits per heavy atom. The van der Waals surface area contributed by atoms with Gasteiger partial charge in [0, 0.05) is 35.1 Å².